The molecule has 2 unspecified atom stereocenters. The van der Waals surface area contributed by atoms with E-state index in [9.17, 15) is 23.7 Å². The van der Waals surface area contributed by atoms with E-state index in [4.69, 9.17) is 25.2 Å². The maximum atomic E-state index is 11.8. The largest absolute Gasteiger partial charge is 0.490 e. The summed E-state index contributed by atoms with van der Waals surface area (Å²) in [6.45, 7) is 0.812. The third kappa shape index (κ3) is 5.73. The maximum Gasteiger partial charge on any atom is 0.490 e. The lowest BCUT2D eigenvalue weighted by molar-refractivity contribution is -0.0438. The van der Waals surface area contributed by atoms with E-state index in [1.165, 1.54) is 17.2 Å². The van der Waals surface area contributed by atoms with Crippen molar-refractivity contribution in [2.24, 2.45) is 5.92 Å². The highest BCUT2D eigenvalue weighted by molar-refractivity contribution is 7.66. The van der Waals surface area contributed by atoms with Gasteiger partial charge in [0.25, 0.3) is 0 Å². The lowest BCUT2D eigenvalue weighted by atomic mass is 10.0. The number of aliphatic hydroxyl groups is 1. The number of aliphatic hydroxyl groups excluding tert-OH is 1. The highest BCUT2D eigenvalue weighted by Crippen LogP contribution is 2.66. The smallest absolute Gasteiger partial charge is 0.390 e. The number of imidazole rings is 1. The van der Waals surface area contributed by atoms with Crippen LogP contribution in [0.4, 0.5) is 5.82 Å². The van der Waals surface area contributed by atoms with Gasteiger partial charge in [-0.05, 0) is 0 Å². The van der Waals surface area contributed by atoms with E-state index in [1.54, 1.807) is 6.92 Å². The molecule has 1 saturated heterocycles. The zero-order valence-corrected chi connectivity index (χ0v) is 18.2. The molecule has 0 aliphatic carbocycles. The Morgan fingerprint density at radius 1 is 1.13 bits per heavy atom. The highest BCUT2D eigenvalue weighted by atomic mass is 31.3. The topological polar surface area (TPSA) is 259 Å². The molecule has 0 amide bonds. The van der Waals surface area contributed by atoms with Crippen molar-refractivity contribution in [2.75, 3.05) is 12.3 Å². The molecule has 1 aliphatic rings. The minimum atomic E-state index is -5.65. The summed E-state index contributed by atoms with van der Waals surface area (Å²) in [4.78, 5) is 47.7. The Hall–Kier alpha value is -1.32. The Labute approximate surface area is 173 Å². The molecule has 0 spiro atoms. The molecule has 0 bridgehead atoms. The number of rotatable bonds is 8. The normalized spacial score (nSPS) is 28.5. The van der Waals surface area contributed by atoms with Crippen LogP contribution < -0.4 is 5.73 Å². The van der Waals surface area contributed by atoms with Crippen LogP contribution in [0.5, 0.6) is 0 Å². The SMILES string of the molecule is C[C@@H]1[C@H](O)[C@@H](COP(=O)(O)OP(=O)(O)OP(=O)(O)O)O[C@H]1n1cnc2c(N)ncnc21. The first-order valence-corrected chi connectivity index (χ1v) is 12.8. The molecule has 6 atom stereocenters. The number of phosphoric acid groups is 3. The molecule has 31 heavy (non-hydrogen) atoms. The first-order valence-electron chi connectivity index (χ1n) is 8.24. The Morgan fingerprint density at radius 3 is 2.45 bits per heavy atom. The van der Waals surface area contributed by atoms with Gasteiger partial charge >= 0.3 is 23.5 Å². The van der Waals surface area contributed by atoms with Gasteiger partial charge in [-0.15, -0.1) is 0 Å². The molecule has 1 fully saturated rings. The standard InChI is InChI=1S/C11H18N5O12P3/c1-5-8(17)6(2-25-30(21,22)28-31(23,24)27-29(18,19)20)26-11(5)16-4-15-7-9(12)13-3-14-10(7)16/h3-6,8,11,17H,2H2,1H3,(H,21,22)(H,23,24)(H2,12,13,14)(H2,18,19,20)/t5-,6-,8+,11-/m1/s1. The van der Waals surface area contributed by atoms with Crippen LogP contribution in [-0.4, -0.2) is 63.0 Å². The number of hydrogen-bond donors (Lipinski definition) is 6. The summed E-state index contributed by atoms with van der Waals surface area (Å²) in [6, 6.07) is 0. The van der Waals surface area contributed by atoms with E-state index in [0.717, 1.165) is 0 Å². The van der Waals surface area contributed by atoms with Gasteiger partial charge in [0.15, 0.2) is 11.5 Å². The molecule has 2 aromatic heterocycles. The van der Waals surface area contributed by atoms with Crippen molar-refractivity contribution in [3.8, 4) is 0 Å². The van der Waals surface area contributed by atoms with Gasteiger partial charge in [-0.25, -0.2) is 28.6 Å². The second kappa shape index (κ2) is 8.56. The van der Waals surface area contributed by atoms with Crippen molar-refractivity contribution in [1.29, 1.82) is 0 Å². The van der Waals surface area contributed by atoms with Crippen LogP contribution in [0, 0.1) is 5.92 Å². The molecule has 1 aliphatic heterocycles. The first kappa shape index (κ1) is 24.3. The van der Waals surface area contributed by atoms with Crippen molar-refractivity contribution in [2.45, 2.75) is 25.4 Å². The zero-order valence-electron chi connectivity index (χ0n) is 15.5. The summed E-state index contributed by atoms with van der Waals surface area (Å²) < 4.78 is 52.7. The van der Waals surface area contributed by atoms with Crippen molar-refractivity contribution in [3.05, 3.63) is 12.7 Å². The van der Waals surface area contributed by atoms with Crippen LogP contribution in [-0.2, 0) is 31.6 Å². The Bertz CT molecular complexity index is 1110. The van der Waals surface area contributed by atoms with E-state index in [-0.39, 0.29) is 5.82 Å². The van der Waals surface area contributed by atoms with Crippen LogP contribution in [0.1, 0.15) is 13.2 Å². The Morgan fingerprint density at radius 2 is 1.81 bits per heavy atom. The van der Waals surface area contributed by atoms with Crippen LogP contribution in [0.25, 0.3) is 11.2 Å². The number of hydrogen-bond acceptors (Lipinski definition) is 12. The molecule has 0 radical (unpaired) electrons. The summed E-state index contributed by atoms with van der Waals surface area (Å²) in [6.07, 6.45) is -0.716. The highest BCUT2D eigenvalue weighted by Gasteiger charge is 2.45. The van der Waals surface area contributed by atoms with E-state index in [2.05, 4.69) is 28.1 Å². The molecule has 20 heteroatoms. The zero-order chi connectivity index (χ0) is 23.2. The lowest BCUT2D eigenvalue weighted by Crippen LogP contribution is -2.29. The molecule has 174 valence electrons. The Balaban J connectivity index is 1.69. The fourth-order valence-corrected chi connectivity index (χ4v) is 5.90. The van der Waals surface area contributed by atoms with Crippen molar-refractivity contribution < 1.29 is 56.3 Å². The molecule has 3 rings (SSSR count). The number of fused-ring (bicyclic) bond motifs is 1. The number of nitrogen functional groups attached to an aromatic ring is 1. The molecule has 7 N–H and O–H groups in total. The predicted molar refractivity (Wildman–Crippen MR) is 98.6 cm³/mol. The van der Waals surface area contributed by atoms with E-state index < -0.39 is 54.4 Å². The number of phosphoric ester groups is 1. The monoisotopic (exact) mass is 505 g/mol. The molecule has 0 aromatic carbocycles. The summed E-state index contributed by atoms with van der Waals surface area (Å²) in [5.41, 5.74) is 6.34. The van der Waals surface area contributed by atoms with Gasteiger partial charge in [0.1, 0.15) is 24.2 Å². The maximum absolute atomic E-state index is 11.8. The molecule has 2 aromatic rings. The summed E-state index contributed by atoms with van der Waals surface area (Å²) in [5.74, 6) is -0.470. The van der Waals surface area contributed by atoms with Gasteiger partial charge in [0, 0.05) is 5.92 Å². The summed E-state index contributed by atoms with van der Waals surface area (Å²) in [5, 5.41) is 10.4. The second-order valence-corrected chi connectivity index (χ2v) is 10.8. The molecular formula is C11H18N5O12P3. The number of aromatic nitrogens is 4. The quantitative estimate of drug-likeness (QED) is 0.250. The number of ether oxygens (including phenoxy) is 1. The summed E-state index contributed by atoms with van der Waals surface area (Å²) >= 11 is 0. The number of anilines is 1. The van der Waals surface area contributed by atoms with Gasteiger partial charge in [-0.1, -0.05) is 6.92 Å². The van der Waals surface area contributed by atoms with E-state index in [0.29, 0.717) is 11.2 Å². The van der Waals surface area contributed by atoms with Crippen molar-refractivity contribution >= 4 is 40.4 Å². The van der Waals surface area contributed by atoms with Crippen molar-refractivity contribution in [3.63, 3.8) is 0 Å². The summed E-state index contributed by atoms with van der Waals surface area (Å²) in [7, 11) is -16.5. The van der Waals surface area contributed by atoms with Gasteiger partial charge in [0.2, 0.25) is 0 Å². The van der Waals surface area contributed by atoms with Gasteiger partial charge < -0.3 is 35.2 Å². The van der Waals surface area contributed by atoms with E-state index in [1.807, 2.05) is 0 Å². The van der Waals surface area contributed by atoms with Gasteiger partial charge in [0.05, 0.1) is 19.0 Å². The van der Waals surface area contributed by atoms with Gasteiger partial charge in [-0.2, -0.15) is 8.62 Å². The minimum Gasteiger partial charge on any atom is -0.390 e. The third-order valence-electron chi connectivity index (χ3n) is 4.16. The Kier molecular flexibility index (Phi) is 6.71. The van der Waals surface area contributed by atoms with Crippen LogP contribution in [0.15, 0.2) is 12.7 Å². The number of nitrogens with two attached hydrogens (primary N) is 1. The molecule has 0 saturated carbocycles. The fourth-order valence-electron chi connectivity index (χ4n) is 2.87. The number of nitrogens with zero attached hydrogens (tertiary/aromatic N) is 4. The average molecular weight is 505 g/mol. The van der Waals surface area contributed by atoms with Crippen LogP contribution in [0.2, 0.25) is 0 Å². The lowest BCUT2D eigenvalue weighted by Gasteiger charge is -2.19. The fraction of sp³-hybridized carbons (Fsp3) is 0.545. The molecule has 3 heterocycles. The second-order valence-electron chi connectivity index (χ2n) is 6.38. The van der Waals surface area contributed by atoms with E-state index >= 15 is 0 Å². The van der Waals surface area contributed by atoms with Crippen LogP contribution in [0.3, 0.4) is 0 Å². The van der Waals surface area contributed by atoms with Gasteiger partial charge in [-0.3, -0.25) is 9.09 Å². The van der Waals surface area contributed by atoms with Crippen LogP contribution >= 0.6 is 23.5 Å². The minimum absolute atomic E-state index is 0.124. The molecule has 17 nitrogen and oxygen atoms in total. The first-order chi connectivity index (χ1) is 14.2. The van der Waals surface area contributed by atoms with Crippen molar-refractivity contribution in [1.82, 2.24) is 19.5 Å². The third-order valence-corrected chi connectivity index (χ3v) is 7.97. The molecular weight excluding hydrogens is 487 g/mol. The predicted octanol–water partition coefficient (Wildman–Crippen LogP) is -0.354. The average Bonchev–Trinajstić information content (AvgIpc) is 3.13.